The summed E-state index contributed by atoms with van der Waals surface area (Å²) in [5, 5.41) is 0.233. The van der Waals surface area contributed by atoms with E-state index >= 15 is 0 Å². The minimum absolute atomic E-state index is 0.115. The first-order valence-electron chi connectivity index (χ1n) is 6.47. The van der Waals surface area contributed by atoms with Crippen molar-refractivity contribution in [2.45, 2.75) is 13.3 Å². The molecule has 0 saturated heterocycles. The summed E-state index contributed by atoms with van der Waals surface area (Å²) >= 11 is 5.87. The molecular weight excluding hydrogens is 297 g/mol. The molecule has 0 heterocycles. The predicted molar refractivity (Wildman–Crippen MR) is 79.3 cm³/mol. The number of carbonyl (C=O) groups is 2. The van der Waals surface area contributed by atoms with Crippen molar-refractivity contribution in [3.63, 3.8) is 0 Å². The first kappa shape index (κ1) is 17.2. The molecule has 1 amide bonds. The van der Waals surface area contributed by atoms with Crippen LogP contribution in [0.15, 0.2) is 24.3 Å². The minimum atomic E-state index is -0.496. The molecule has 21 heavy (non-hydrogen) atoms. The van der Waals surface area contributed by atoms with Gasteiger partial charge in [-0.25, -0.2) is 4.39 Å². The Kier molecular flexibility index (Phi) is 6.88. The number of amides is 1. The Labute approximate surface area is 128 Å². The van der Waals surface area contributed by atoms with E-state index in [4.69, 9.17) is 11.6 Å². The maximum absolute atomic E-state index is 13.6. The zero-order valence-electron chi connectivity index (χ0n) is 11.9. The van der Waals surface area contributed by atoms with Crippen LogP contribution in [0.1, 0.15) is 18.9 Å². The van der Waals surface area contributed by atoms with Crippen molar-refractivity contribution >= 4 is 29.6 Å². The highest BCUT2D eigenvalue weighted by Crippen LogP contribution is 2.20. The number of likely N-dealkylation sites (N-methyl/N-ethyl adjacent to an activating group) is 1. The first-order chi connectivity index (χ1) is 9.99. The Hall–Kier alpha value is -1.88. The van der Waals surface area contributed by atoms with Gasteiger partial charge in [-0.1, -0.05) is 17.7 Å². The lowest BCUT2D eigenvalue weighted by atomic mass is 10.2. The number of benzene rings is 1. The molecule has 0 saturated carbocycles. The van der Waals surface area contributed by atoms with E-state index in [9.17, 15) is 14.0 Å². The highest BCUT2D eigenvalue weighted by atomic mass is 35.5. The highest BCUT2D eigenvalue weighted by molar-refractivity contribution is 6.32. The second-order valence-electron chi connectivity index (χ2n) is 4.21. The van der Waals surface area contributed by atoms with Crippen LogP contribution >= 0.6 is 11.6 Å². The molecule has 0 aliphatic rings. The Balaban J connectivity index is 2.73. The smallest absolute Gasteiger partial charge is 0.307 e. The molecule has 6 heteroatoms. The van der Waals surface area contributed by atoms with Crippen molar-refractivity contribution < 1.29 is 18.7 Å². The van der Waals surface area contributed by atoms with Gasteiger partial charge in [0.05, 0.1) is 18.6 Å². The van der Waals surface area contributed by atoms with E-state index < -0.39 is 5.82 Å². The van der Waals surface area contributed by atoms with Crippen LogP contribution in [0.4, 0.5) is 4.39 Å². The van der Waals surface area contributed by atoms with Gasteiger partial charge in [-0.15, -0.1) is 0 Å². The number of carbonyl (C=O) groups excluding carboxylic acids is 2. The Bertz CT molecular complexity index is 525. The molecule has 0 N–H and O–H groups in total. The van der Waals surface area contributed by atoms with Crippen LogP contribution in [-0.2, 0) is 14.3 Å². The van der Waals surface area contributed by atoms with Crippen molar-refractivity contribution in [1.82, 2.24) is 4.90 Å². The van der Waals surface area contributed by atoms with Gasteiger partial charge in [0.1, 0.15) is 5.82 Å². The van der Waals surface area contributed by atoms with E-state index in [2.05, 4.69) is 4.74 Å². The maximum atomic E-state index is 13.6. The van der Waals surface area contributed by atoms with E-state index in [1.807, 2.05) is 0 Å². The van der Waals surface area contributed by atoms with Gasteiger partial charge in [-0.05, 0) is 25.1 Å². The van der Waals surface area contributed by atoms with Crippen LogP contribution in [0.5, 0.6) is 0 Å². The summed E-state index contributed by atoms with van der Waals surface area (Å²) in [7, 11) is 1.29. The van der Waals surface area contributed by atoms with Crippen LogP contribution < -0.4 is 0 Å². The second kappa shape index (κ2) is 8.42. The van der Waals surface area contributed by atoms with E-state index in [1.165, 1.54) is 36.3 Å². The minimum Gasteiger partial charge on any atom is -0.469 e. The van der Waals surface area contributed by atoms with Gasteiger partial charge in [-0.2, -0.15) is 0 Å². The second-order valence-corrected chi connectivity index (χ2v) is 4.62. The van der Waals surface area contributed by atoms with Crippen LogP contribution in [0.3, 0.4) is 0 Å². The SMILES string of the molecule is CCN(CCC(=O)OC)C(=O)/C=C/c1c(F)cccc1Cl. The quantitative estimate of drug-likeness (QED) is 0.599. The van der Waals surface area contributed by atoms with Gasteiger partial charge in [0.2, 0.25) is 5.91 Å². The summed E-state index contributed by atoms with van der Waals surface area (Å²) in [6.07, 6.45) is 2.69. The zero-order chi connectivity index (χ0) is 15.8. The number of rotatable bonds is 6. The van der Waals surface area contributed by atoms with Crippen molar-refractivity contribution in [3.8, 4) is 0 Å². The number of hydrogen-bond donors (Lipinski definition) is 0. The zero-order valence-corrected chi connectivity index (χ0v) is 12.7. The lowest BCUT2D eigenvalue weighted by Gasteiger charge is -2.18. The summed E-state index contributed by atoms with van der Waals surface area (Å²) in [5.41, 5.74) is 0.163. The number of methoxy groups -OCH3 is 1. The van der Waals surface area contributed by atoms with Crippen molar-refractivity contribution in [2.75, 3.05) is 20.2 Å². The molecule has 0 fully saturated rings. The average molecular weight is 314 g/mol. The molecule has 4 nitrogen and oxygen atoms in total. The molecule has 0 unspecified atom stereocenters. The standard InChI is InChI=1S/C15H17ClFNO3/c1-3-18(10-9-15(20)21-2)14(19)8-7-11-12(16)5-4-6-13(11)17/h4-8H,3,9-10H2,1-2H3/b8-7+. The molecule has 0 aromatic heterocycles. The van der Waals surface area contributed by atoms with Crippen LogP contribution in [0.25, 0.3) is 6.08 Å². The summed E-state index contributed by atoms with van der Waals surface area (Å²) in [4.78, 5) is 24.5. The molecular formula is C15H17ClFNO3. The van der Waals surface area contributed by atoms with Crippen molar-refractivity contribution in [2.24, 2.45) is 0 Å². The summed E-state index contributed by atoms with van der Waals surface area (Å²) < 4.78 is 18.1. The van der Waals surface area contributed by atoms with Gasteiger partial charge in [0.25, 0.3) is 0 Å². The third-order valence-electron chi connectivity index (χ3n) is 2.90. The van der Waals surface area contributed by atoms with Gasteiger partial charge < -0.3 is 9.64 Å². The number of hydrogen-bond acceptors (Lipinski definition) is 3. The largest absolute Gasteiger partial charge is 0.469 e. The average Bonchev–Trinajstić information content (AvgIpc) is 2.47. The molecule has 0 atom stereocenters. The number of esters is 1. The fourth-order valence-corrected chi connectivity index (χ4v) is 1.91. The van der Waals surface area contributed by atoms with Gasteiger partial charge in [-0.3, -0.25) is 9.59 Å². The molecule has 0 spiro atoms. The van der Waals surface area contributed by atoms with Gasteiger partial charge in [0.15, 0.2) is 0 Å². The topological polar surface area (TPSA) is 46.6 Å². The number of nitrogens with zero attached hydrogens (tertiary/aromatic N) is 1. The fourth-order valence-electron chi connectivity index (χ4n) is 1.68. The van der Waals surface area contributed by atoms with Crippen LogP contribution in [0, 0.1) is 5.82 Å². The Morgan fingerprint density at radius 1 is 1.43 bits per heavy atom. The third-order valence-corrected chi connectivity index (χ3v) is 3.23. The molecule has 0 radical (unpaired) electrons. The maximum Gasteiger partial charge on any atom is 0.307 e. The molecule has 0 aliphatic carbocycles. The van der Waals surface area contributed by atoms with E-state index in [-0.39, 0.29) is 35.4 Å². The first-order valence-corrected chi connectivity index (χ1v) is 6.85. The van der Waals surface area contributed by atoms with E-state index in [1.54, 1.807) is 13.0 Å². The highest BCUT2D eigenvalue weighted by Gasteiger charge is 2.11. The third kappa shape index (κ3) is 5.19. The lowest BCUT2D eigenvalue weighted by Crippen LogP contribution is -2.31. The Morgan fingerprint density at radius 3 is 2.71 bits per heavy atom. The molecule has 114 valence electrons. The van der Waals surface area contributed by atoms with Gasteiger partial charge >= 0.3 is 5.97 Å². The summed E-state index contributed by atoms with van der Waals surface area (Å²) in [6.45, 7) is 2.47. The molecule has 0 aliphatic heterocycles. The fraction of sp³-hybridized carbons (Fsp3) is 0.333. The molecule has 1 rings (SSSR count). The summed E-state index contributed by atoms with van der Waals surface area (Å²) in [5.74, 6) is -1.20. The van der Waals surface area contributed by atoms with Crippen LogP contribution in [-0.4, -0.2) is 37.0 Å². The molecule has 0 bridgehead atoms. The Morgan fingerprint density at radius 2 is 2.14 bits per heavy atom. The monoisotopic (exact) mass is 313 g/mol. The number of halogens is 2. The van der Waals surface area contributed by atoms with E-state index in [0.717, 1.165) is 0 Å². The predicted octanol–water partition coefficient (Wildman–Crippen LogP) is 2.90. The normalized spacial score (nSPS) is 10.7. The van der Waals surface area contributed by atoms with Gasteiger partial charge in [0, 0.05) is 24.7 Å². The lowest BCUT2D eigenvalue weighted by molar-refractivity contribution is -0.141. The van der Waals surface area contributed by atoms with Crippen LogP contribution in [0.2, 0.25) is 5.02 Å². The number of ether oxygens (including phenoxy) is 1. The van der Waals surface area contributed by atoms with Crippen molar-refractivity contribution in [3.05, 3.63) is 40.7 Å². The van der Waals surface area contributed by atoms with Crippen molar-refractivity contribution in [1.29, 1.82) is 0 Å². The molecule has 1 aromatic rings. The van der Waals surface area contributed by atoms with E-state index in [0.29, 0.717) is 6.54 Å². The molecule has 1 aromatic carbocycles. The summed E-state index contributed by atoms with van der Waals surface area (Å²) in [6, 6.07) is 4.31.